The number of hydrogen-bond donors (Lipinski definition) is 1. The Morgan fingerprint density at radius 2 is 1.89 bits per heavy atom. The zero-order chi connectivity index (χ0) is 14.5. The predicted octanol–water partition coefficient (Wildman–Crippen LogP) is 3.88. The summed E-state index contributed by atoms with van der Waals surface area (Å²) in [6, 6.07) is 8.36. The molecule has 3 heteroatoms. The molecule has 0 aliphatic rings. The molecular weight excluding hydrogens is 238 g/mol. The van der Waals surface area contributed by atoms with Crippen molar-refractivity contribution >= 4 is 6.09 Å². The molecule has 0 spiro atoms. The predicted molar refractivity (Wildman–Crippen MR) is 78.5 cm³/mol. The monoisotopic (exact) mass is 263 g/mol. The molecule has 0 atom stereocenters. The average molecular weight is 263 g/mol. The van der Waals surface area contributed by atoms with Gasteiger partial charge in [-0.2, -0.15) is 0 Å². The summed E-state index contributed by atoms with van der Waals surface area (Å²) in [5.74, 6) is 0.498. The van der Waals surface area contributed by atoms with Gasteiger partial charge in [0.05, 0.1) is 0 Å². The first-order valence-electron chi connectivity index (χ1n) is 6.84. The Labute approximate surface area is 116 Å². The van der Waals surface area contributed by atoms with Gasteiger partial charge in [-0.3, -0.25) is 0 Å². The molecule has 0 bridgehead atoms. The zero-order valence-electron chi connectivity index (χ0n) is 12.6. The lowest BCUT2D eigenvalue weighted by atomic mass is 9.95. The van der Waals surface area contributed by atoms with Crippen LogP contribution in [-0.4, -0.2) is 18.2 Å². The fraction of sp³-hybridized carbons (Fsp3) is 0.562. The molecule has 0 radical (unpaired) electrons. The molecular formula is C16H25NO2. The summed E-state index contributed by atoms with van der Waals surface area (Å²) in [5.41, 5.74) is 2.18. The summed E-state index contributed by atoms with van der Waals surface area (Å²) in [4.78, 5) is 11.5. The second kappa shape index (κ2) is 6.60. The number of benzene rings is 1. The Balaban J connectivity index is 2.48. The van der Waals surface area contributed by atoms with Gasteiger partial charge in [0.1, 0.15) is 5.60 Å². The van der Waals surface area contributed by atoms with Crippen LogP contribution in [0.3, 0.4) is 0 Å². The van der Waals surface area contributed by atoms with Crippen LogP contribution in [-0.2, 0) is 11.2 Å². The number of hydrogen-bond acceptors (Lipinski definition) is 2. The van der Waals surface area contributed by atoms with E-state index in [1.54, 1.807) is 0 Å². The molecule has 1 aromatic carbocycles. The van der Waals surface area contributed by atoms with E-state index in [4.69, 9.17) is 4.74 Å². The van der Waals surface area contributed by atoms with E-state index in [2.05, 4.69) is 37.4 Å². The van der Waals surface area contributed by atoms with Crippen molar-refractivity contribution in [2.24, 2.45) is 0 Å². The van der Waals surface area contributed by atoms with Gasteiger partial charge >= 0.3 is 6.09 Å². The molecule has 1 rings (SSSR count). The van der Waals surface area contributed by atoms with Crippen molar-refractivity contribution in [1.29, 1.82) is 0 Å². The van der Waals surface area contributed by atoms with Crippen LogP contribution in [0.1, 0.15) is 51.7 Å². The number of rotatable bonds is 4. The third-order valence-electron chi connectivity index (χ3n) is 2.74. The maximum atomic E-state index is 11.5. The summed E-state index contributed by atoms with van der Waals surface area (Å²) in [6.45, 7) is 10.5. The fourth-order valence-corrected chi connectivity index (χ4v) is 1.94. The van der Waals surface area contributed by atoms with Gasteiger partial charge in [-0.25, -0.2) is 4.79 Å². The van der Waals surface area contributed by atoms with E-state index in [1.807, 2.05) is 26.8 Å². The highest BCUT2D eigenvalue weighted by molar-refractivity contribution is 5.67. The Bertz CT molecular complexity index is 419. The van der Waals surface area contributed by atoms with Crippen molar-refractivity contribution in [2.45, 2.75) is 52.6 Å². The zero-order valence-corrected chi connectivity index (χ0v) is 12.6. The average Bonchev–Trinajstić information content (AvgIpc) is 2.27. The standard InChI is InChI=1S/C16H25NO2/c1-12(2)14-9-7-6-8-13(14)10-11-17-15(18)19-16(3,4)5/h6-9,12H,10-11H2,1-5H3,(H,17,18). The van der Waals surface area contributed by atoms with Crippen molar-refractivity contribution in [1.82, 2.24) is 5.32 Å². The largest absolute Gasteiger partial charge is 0.444 e. The maximum Gasteiger partial charge on any atom is 0.407 e. The molecule has 0 fully saturated rings. The SMILES string of the molecule is CC(C)c1ccccc1CCNC(=O)OC(C)(C)C. The summed E-state index contributed by atoms with van der Waals surface area (Å²) < 4.78 is 5.20. The van der Waals surface area contributed by atoms with Crippen LogP contribution in [0.5, 0.6) is 0 Å². The lowest BCUT2D eigenvalue weighted by Gasteiger charge is -2.20. The summed E-state index contributed by atoms with van der Waals surface area (Å²) in [5, 5.41) is 2.79. The van der Waals surface area contributed by atoms with Gasteiger partial charge in [0.25, 0.3) is 0 Å². The van der Waals surface area contributed by atoms with Gasteiger partial charge < -0.3 is 10.1 Å². The van der Waals surface area contributed by atoms with Crippen molar-refractivity contribution in [2.75, 3.05) is 6.54 Å². The minimum Gasteiger partial charge on any atom is -0.444 e. The molecule has 0 saturated heterocycles. The summed E-state index contributed by atoms with van der Waals surface area (Å²) >= 11 is 0. The second-order valence-electron chi connectivity index (χ2n) is 6.03. The van der Waals surface area contributed by atoms with Crippen LogP contribution in [0.4, 0.5) is 4.79 Å². The minimum absolute atomic E-state index is 0.352. The van der Waals surface area contributed by atoms with E-state index >= 15 is 0 Å². The number of ether oxygens (including phenoxy) is 1. The normalized spacial score (nSPS) is 11.5. The number of alkyl carbamates (subject to hydrolysis) is 1. The lowest BCUT2D eigenvalue weighted by molar-refractivity contribution is 0.0528. The summed E-state index contributed by atoms with van der Waals surface area (Å²) in [7, 11) is 0. The van der Waals surface area contributed by atoms with Gasteiger partial charge in [-0.05, 0) is 44.2 Å². The highest BCUT2D eigenvalue weighted by Gasteiger charge is 2.15. The van der Waals surface area contributed by atoms with Crippen molar-refractivity contribution in [3.63, 3.8) is 0 Å². The smallest absolute Gasteiger partial charge is 0.407 e. The van der Waals surface area contributed by atoms with E-state index in [0.29, 0.717) is 12.5 Å². The molecule has 106 valence electrons. The lowest BCUT2D eigenvalue weighted by Crippen LogP contribution is -2.33. The maximum absolute atomic E-state index is 11.5. The quantitative estimate of drug-likeness (QED) is 0.895. The number of nitrogens with one attached hydrogen (secondary N) is 1. The summed E-state index contributed by atoms with van der Waals surface area (Å²) in [6.07, 6.45) is 0.475. The van der Waals surface area contributed by atoms with Gasteiger partial charge in [-0.1, -0.05) is 38.1 Å². The Morgan fingerprint density at radius 3 is 2.47 bits per heavy atom. The fourth-order valence-electron chi connectivity index (χ4n) is 1.94. The molecule has 0 unspecified atom stereocenters. The first-order chi connectivity index (χ1) is 8.79. The Kier molecular flexibility index (Phi) is 5.40. The van der Waals surface area contributed by atoms with E-state index in [9.17, 15) is 4.79 Å². The molecule has 0 aliphatic heterocycles. The first kappa shape index (κ1) is 15.5. The van der Waals surface area contributed by atoms with Gasteiger partial charge in [-0.15, -0.1) is 0 Å². The molecule has 0 heterocycles. The van der Waals surface area contributed by atoms with Crippen LogP contribution in [0.25, 0.3) is 0 Å². The second-order valence-corrected chi connectivity index (χ2v) is 6.03. The van der Waals surface area contributed by atoms with Gasteiger partial charge in [0, 0.05) is 6.54 Å². The van der Waals surface area contributed by atoms with Crippen LogP contribution in [0, 0.1) is 0 Å². The molecule has 3 nitrogen and oxygen atoms in total. The van der Waals surface area contributed by atoms with E-state index in [0.717, 1.165) is 6.42 Å². The molecule has 0 aromatic heterocycles. The molecule has 19 heavy (non-hydrogen) atoms. The number of amides is 1. The van der Waals surface area contributed by atoms with E-state index in [1.165, 1.54) is 11.1 Å². The third kappa shape index (κ3) is 5.77. The topological polar surface area (TPSA) is 38.3 Å². The Hall–Kier alpha value is -1.51. The van der Waals surface area contributed by atoms with Crippen molar-refractivity contribution in [3.8, 4) is 0 Å². The molecule has 1 aromatic rings. The van der Waals surface area contributed by atoms with Crippen molar-refractivity contribution in [3.05, 3.63) is 35.4 Å². The third-order valence-corrected chi connectivity index (χ3v) is 2.74. The van der Waals surface area contributed by atoms with E-state index in [-0.39, 0.29) is 6.09 Å². The highest BCUT2D eigenvalue weighted by Crippen LogP contribution is 2.19. The molecule has 1 N–H and O–H groups in total. The molecule has 0 saturated carbocycles. The highest BCUT2D eigenvalue weighted by atomic mass is 16.6. The number of carbonyl (C=O) groups is 1. The van der Waals surface area contributed by atoms with Crippen LogP contribution < -0.4 is 5.32 Å². The Morgan fingerprint density at radius 1 is 1.26 bits per heavy atom. The van der Waals surface area contributed by atoms with Crippen LogP contribution >= 0.6 is 0 Å². The van der Waals surface area contributed by atoms with Crippen molar-refractivity contribution < 1.29 is 9.53 Å². The first-order valence-corrected chi connectivity index (χ1v) is 6.84. The van der Waals surface area contributed by atoms with Crippen LogP contribution in [0.15, 0.2) is 24.3 Å². The van der Waals surface area contributed by atoms with Gasteiger partial charge in [0.2, 0.25) is 0 Å². The van der Waals surface area contributed by atoms with E-state index < -0.39 is 5.60 Å². The molecule has 0 aliphatic carbocycles. The minimum atomic E-state index is -0.445. The molecule has 1 amide bonds. The number of carbonyl (C=O) groups excluding carboxylic acids is 1. The van der Waals surface area contributed by atoms with Gasteiger partial charge in [0.15, 0.2) is 0 Å². The van der Waals surface area contributed by atoms with Crippen LogP contribution in [0.2, 0.25) is 0 Å².